The summed E-state index contributed by atoms with van der Waals surface area (Å²) in [4.78, 5) is 0. The molecule has 0 spiro atoms. The van der Waals surface area contributed by atoms with Gasteiger partial charge in [-0.15, -0.1) is 0 Å². The molecule has 0 radical (unpaired) electrons. The van der Waals surface area contributed by atoms with Crippen molar-refractivity contribution in [3.63, 3.8) is 0 Å². The number of para-hydroxylation sites is 1. The van der Waals surface area contributed by atoms with Gasteiger partial charge in [0.25, 0.3) is 0 Å². The van der Waals surface area contributed by atoms with Gasteiger partial charge >= 0.3 is 17.1 Å². The maximum Gasteiger partial charge on any atom is 2.00 e. The van der Waals surface area contributed by atoms with Crippen LogP contribution in [-0.2, 0) is 17.1 Å². The number of hydrogen-bond acceptors (Lipinski definition) is 2. The molecule has 0 bridgehead atoms. The van der Waals surface area contributed by atoms with Gasteiger partial charge in [0.15, 0.2) is 11.6 Å². The average Bonchev–Trinajstić information content (AvgIpc) is 3.58. The molecule has 0 saturated carbocycles. The van der Waals surface area contributed by atoms with E-state index in [2.05, 4.69) is 5.43 Å². The molecule has 3 nitrogen and oxygen atoms in total. The van der Waals surface area contributed by atoms with E-state index >= 15 is 0 Å². The SMILES string of the molecule is CCOc1ccc(C2=C[N-]N(c3ccccc3)C2=C2C=CC=C2)cc1F.[Fe+2].c1cc[cH-]c1. The molecule has 1 aliphatic carbocycles. The Morgan fingerprint density at radius 3 is 2.28 bits per heavy atom. The summed E-state index contributed by atoms with van der Waals surface area (Å²) in [5, 5.41) is 1.89. The first kappa shape index (κ1) is 23.3. The summed E-state index contributed by atoms with van der Waals surface area (Å²) in [7, 11) is 0. The molecular formula is C27H23FFeN2O. The van der Waals surface area contributed by atoms with Gasteiger partial charge in [0.2, 0.25) is 0 Å². The minimum atomic E-state index is -0.370. The molecule has 3 aromatic rings. The van der Waals surface area contributed by atoms with Crippen LogP contribution in [0.5, 0.6) is 5.75 Å². The zero-order valence-electron chi connectivity index (χ0n) is 17.6. The topological polar surface area (TPSA) is 26.6 Å². The van der Waals surface area contributed by atoms with Crippen molar-refractivity contribution in [2.45, 2.75) is 6.92 Å². The first-order chi connectivity index (χ1) is 15.3. The van der Waals surface area contributed by atoms with Gasteiger partial charge < -0.3 is 15.2 Å². The van der Waals surface area contributed by atoms with Crippen LogP contribution in [0.4, 0.5) is 10.1 Å². The summed E-state index contributed by atoms with van der Waals surface area (Å²) in [6, 6.07) is 25.0. The molecule has 1 heterocycles. The number of nitrogens with zero attached hydrogens (tertiary/aromatic N) is 2. The number of anilines is 1. The van der Waals surface area contributed by atoms with Gasteiger partial charge in [-0.1, -0.05) is 48.6 Å². The van der Waals surface area contributed by atoms with E-state index in [9.17, 15) is 4.39 Å². The molecule has 0 unspecified atom stereocenters. The van der Waals surface area contributed by atoms with Crippen LogP contribution in [0.3, 0.4) is 0 Å². The maximum absolute atomic E-state index is 14.4. The second-order valence-corrected chi connectivity index (χ2v) is 6.87. The molecule has 2 aliphatic rings. The van der Waals surface area contributed by atoms with Crippen molar-refractivity contribution in [1.29, 1.82) is 0 Å². The van der Waals surface area contributed by atoms with Gasteiger partial charge in [-0.05, 0) is 47.9 Å². The zero-order chi connectivity index (χ0) is 21.5. The maximum atomic E-state index is 14.4. The number of benzene rings is 2. The summed E-state index contributed by atoms with van der Waals surface area (Å²) in [5.41, 5.74) is 9.15. The van der Waals surface area contributed by atoms with E-state index in [1.807, 2.05) is 103 Å². The van der Waals surface area contributed by atoms with Crippen LogP contribution >= 0.6 is 0 Å². The molecular weight excluding hydrogens is 443 g/mol. The monoisotopic (exact) mass is 466 g/mol. The third-order valence-corrected chi connectivity index (χ3v) is 4.80. The molecule has 32 heavy (non-hydrogen) atoms. The number of halogens is 1. The number of rotatable bonds is 4. The van der Waals surface area contributed by atoms with Crippen molar-refractivity contribution < 1.29 is 26.2 Å². The first-order valence-corrected chi connectivity index (χ1v) is 10.2. The van der Waals surface area contributed by atoms with Crippen LogP contribution in [0.2, 0.25) is 0 Å². The van der Waals surface area contributed by atoms with Gasteiger partial charge in [-0.3, -0.25) is 0 Å². The number of ether oxygens (including phenoxy) is 1. The predicted molar refractivity (Wildman–Crippen MR) is 125 cm³/mol. The van der Waals surface area contributed by atoms with E-state index in [1.54, 1.807) is 12.3 Å². The Morgan fingerprint density at radius 1 is 0.969 bits per heavy atom. The number of hydrogen-bond donors (Lipinski definition) is 0. The Morgan fingerprint density at radius 2 is 1.69 bits per heavy atom. The van der Waals surface area contributed by atoms with Crippen molar-refractivity contribution in [1.82, 2.24) is 0 Å². The summed E-state index contributed by atoms with van der Waals surface area (Å²) in [6.07, 6.45) is 9.82. The largest absolute Gasteiger partial charge is 2.00 e. The Hall–Kier alpha value is -3.40. The van der Waals surface area contributed by atoms with E-state index in [-0.39, 0.29) is 28.6 Å². The molecule has 1 aliphatic heterocycles. The van der Waals surface area contributed by atoms with Crippen LogP contribution < -0.4 is 9.75 Å². The van der Waals surface area contributed by atoms with E-state index in [1.165, 1.54) is 6.07 Å². The van der Waals surface area contributed by atoms with Crippen molar-refractivity contribution in [2.24, 2.45) is 0 Å². The minimum absolute atomic E-state index is 0. The average molecular weight is 466 g/mol. The molecule has 5 heteroatoms. The van der Waals surface area contributed by atoms with E-state index < -0.39 is 0 Å². The Bertz CT molecular complexity index is 1100. The molecule has 0 amide bonds. The van der Waals surface area contributed by atoms with Crippen LogP contribution in [0.15, 0.2) is 121 Å². The molecule has 3 aromatic carbocycles. The van der Waals surface area contributed by atoms with E-state index in [0.717, 1.165) is 28.1 Å². The fourth-order valence-electron chi connectivity index (χ4n) is 3.40. The van der Waals surface area contributed by atoms with Crippen molar-refractivity contribution in [2.75, 3.05) is 11.6 Å². The standard InChI is InChI=1S/C22H18FN2O.C5H5.Fe/c1-2-26-21-13-12-17(14-20(21)23)19-15-24-25(18-10-4-3-5-11-18)22(19)16-8-6-7-9-16;1-2-4-5-3-1;/h3-15H,2H2,1H3;1-5H;/q2*-1;+2. The molecule has 5 rings (SSSR count). The van der Waals surface area contributed by atoms with Crippen LogP contribution in [0, 0.1) is 5.82 Å². The molecule has 0 saturated heterocycles. The minimum Gasteiger partial charge on any atom is -0.596 e. The third-order valence-electron chi connectivity index (χ3n) is 4.80. The summed E-state index contributed by atoms with van der Waals surface area (Å²) < 4.78 is 19.7. The van der Waals surface area contributed by atoms with E-state index in [4.69, 9.17) is 4.74 Å². The molecule has 0 fully saturated rings. The molecule has 0 N–H and O–H groups in total. The van der Waals surface area contributed by atoms with Crippen LogP contribution in [0.25, 0.3) is 11.0 Å². The quantitative estimate of drug-likeness (QED) is 0.301. The summed E-state index contributed by atoms with van der Waals surface area (Å²) in [6.45, 7) is 2.27. The first-order valence-electron chi connectivity index (χ1n) is 10.2. The van der Waals surface area contributed by atoms with Crippen LogP contribution in [0.1, 0.15) is 12.5 Å². The van der Waals surface area contributed by atoms with Gasteiger partial charge in [0.1, 0.15) is 0 Å². The van der Waals surface area contributed by atoms with Gasteiger partial charge in [0, 0.05) is 11.4 Å². The number of allylic oxidation sites excluding steroid dienone is 6. The third kappa shape index (κ3) is 5.25. The van der Waals surface area contributed by atoms with Gasteiger partial charge in [-0.25, -0.2) is 16.5 Å². The van der Waals surface area contributed by atoms with Gasteiger partial charge in [-0.2, -0.15) is 24.4 Å². The second-order valence-electron chi connectivity index (χ2n) is 6.87. The summed E-state index contributed by atoms with van der Waals surface area (Å²) in [5.74, 6) is -0.105. The van der Waals surface area contributed by atoms with Gasteiger partial charge in [0.05, 0.1) is 6.61 Å². The molecule has 0 aromatic heterocycles. The Balaban J connectivity index is 0.000000427. The van der Waals surface area contributed by atoms with Crippen molar-refractivity contribution in [3.05, 3.63) is 137 Å². The predicted octanol–water partition coefficient (Wildman–Crippen LogP) is 7.16. The molecule has 162 valence electrons. The molecule has 0 atom stereocenters. The fraction of sp³-hybridized carbons (Fsp3) is 0.0741. The van der Waals surface area contributed by atoms with Crippen molar-refractivity contribution >= 4 is 11.3 Å². The second kappa shape index (κ2) is 11.3. The zero-order valence-corrected chi connectivity index (χ0v) is 18.7. The normalized spacial score (nSPS) is 13.8. The van der Waals surface area contributed by atoms with Crippen LogP contribution in [-0.4, -0.2) is 6.61 Å². The fourth-order valence-corrected chi connectivity index (χ4v) is 3.40. The summed E-state index contributed by atoms with van der Waals surface area (Å²) >= 11 is 0. The Kier molecular flexibility index (Phi) is 8.20. The smallest absolute Gasteiger partial charge is 0.596 e. The van der Waals surface area contributed by atoms with Crippen molar-refractivity contribution in [3.8, 4) is 5.75 Å². The van der Waals surface area contributed by atoms with E-state index in [0.29, 0.717) is 6.61 Å². The Labute approximate surface area is 199 Å².